The van der Waals surface area contributed by atoms with Gasteiger partial charge in [-0.15, -0.1) is 0 Å². The lowest BCUT2D eigenvalue weighted by Crippen LogP contribution is -2.54. The Hall–Kier alpha value is -2.75. The van der Waals surface area contributed by atoms with E-state index in [1.165, 1.54) is 50.6 Å². The molecule has 3 aliphatic rings. The Morgan fingerprint density at radius 1 is 0.833 bits per heavy atom. The zero-order valence-electron chi connectivity index (χ0n) is 24.1. The van der Waals surface area contributed by atoms with Gasteiger partial charge in [-0.2, -0.15) is 0 Å². The van der Waals surface area contributed by atoms with E-state index in [2.05, 4.69) is 128 Å². The van der Waals surface area contributed by atoms with Crippen molar-refractivity contribution in [3.05, 3.63) is 82.3 Å². The lowest BCUT2D eigenvalue weighted by atomic mass is 9.53. The number of aryl methyl sites for hydroxylation is 1. The normalized spacial score (nSPS) is 19.3. The molecule has 0 amide bonds. The summed E-state index contributed by atoms with van der Waals surface area (Å²) in [6.45, 7) is 25.7. The summed E-state index contributed by atoms with van der Waals surface area (Å²) >= 11 is 0. The third kappa shape index (κ3) is 3.76. The Balaban J connectivity index is 1.80. The first-order valence-electron chi connectivity index (χ1n) is 13.4. The number of hydrogen-bond acceptors (Lipinski definition) is 3. The topological polar surface area (TPSA) is 18.8 Å². The van der Waals surface area contributed by atoms with Crippen LogP contribution in [-0.4, -0.2) is 12.7 Å². The third-order valence-electron chi connectivity index (χ3n) is 8.02. The van der Waals surface area contributed by atoms with Crippen LogP contribution in [0.1, 0.15) is 97.1 Å². The summed E-state index contributed by atoms with van der Waals surface area (Å²) in [6, 6.07) is 11.6. The monoisotopic (exact) mass is 479 g/mol. The summed E-state index contributed by atoms with van der Waals surface area (Å²) in [4.78, 5) is 10.1. The molecule has 3 nitrogen and oxygen atoms in total. The van der Waals surface area contributed by atoms with Crippen molar-refractivity contribution in [3.8, 4) is 0 Å². The van der Waals surface area contributed by atoms with Gasteiger partial charge in [0, 0.05) is 40.9 Å². The van der Waals surface area contributed by atoms with Gasteiger partial charge in [0.2, 0.25) is 0 Å². The molecule has 0 spiro atoms. The van der Waals surface area contributed by atoms with Crippen molar-refractivity contribution in [2.45, 2.75) is 98.2 Å². The van der Waals surface area contributed by atoms with E-state index in [0.29, 0.717) is 0 Å². The number of rotatable bonds is 1. The average Bonchev–Trinajstić information content (AvgIpc) is 3.35. The van der Waals surface area contributed by atoms with E-state index in [9.17, 15) is 0 Å². The first-order chi connectivity index (χ1) is 16.6. The van der Waals surface area contributed by atoms with Crippen LogP contribution in [0.15, 0.2) is 59.5 Å². The van der Waals surface area contributed by atoms with Crippen molar-refractivity contribution in [1.82, 2.24) is 0 Å². The van der Waals surface area contributed by atoms with E-state index in [0.717, 1.165) is 0 Å². The molecule has 2 aromatic rings. The van der Waals surface area contributed by atoms with Crippen LogP contribution in [0.3, 0.4) is 0 Å². The van der Waals surface area contributed by atoms with Crippen LogP contribution >= 0.6 is 0 Å². The second kappa shape index (κ2) is 7.87. The van der Waals surface area contributed by atoms with Gasteiger partial charge in [0.25, 0.3) is 0 Å². The predicted octanol–water partition coefficient (Wildman–Crippen LogP) is 8.26. The molecule has 0 aromatic heterocycles. The van der Waals surface area contributed by atoms with Gasteiger partial charge in [0.15, 0.2) is 0 Å². The van der Waals surface area contributed by atoms with Gasteiger partial charge in [0.1, 0.15) is 0 Å². The van der Waals surface area contributed by atoms with Crippen molar-refractivity contribution >= 4 is 24.1 Å². The van der Waals surface area contributed by atoms with E-state index in [4.69, 9.17) is 4.99 Å². The number of fused-ring (bicyclic) bond motifs is 6. The summed E-state index contributed by atoms with van der Waals surface area (Å²) in [7, 11) is 0. The van der Waals surface area contributed by atoms with E-state index in [1.54, 1.807) is 0 Å². The minimum absolute atomic E-state index is 0.00262. The fraction of sp³-hybridized carbons (Fsp3) is 0.469. The molecule has 0 fully saturated rings. The third-order valence-corrected chi connectivity index (χ3v) is 8.02. The predicted molar refractivity (Wildman–Crippen MR) is 158 cm³/mol. The molecule has 1 unspecified atom stereocenters. The largest absolute Gasteiger partial charge is 0.397 e. The number of allylic oxidation sites excluding steroid dienone is 2. The van der Waals surface area contributed by atoms with Crippen LogP contribution in [0.5, 0.6) is 0 Å². The van der Waals surface area contributed by atoms with Crippen molar-refractivity contribution in [2.75, 3.05) is 9.62 Å². The molecule has 4 heteroatoms. The highest BCUT2D eigenvalue weighted by molar-refractivity contribution is 6.77. The molecule has 3 heterocycles. The Morgan fingerprint density at radius 2 is 1.44 bits per heavy atom. The molecule has 0 saturated heterocycles. The Morgan fingerprint density at radius 3 is 2.00 bits per heavy atom. The number of nitrogens with zero attached hydrogens (tertiary/aromatic N) is 3. The molecule has 0 radical (unpaired) electrons. The minimum Gasteiger partial charge on any atom is -0.369 e. The first kappa shape index (κ1) is 24.9. The second-order valence-electron chi connectivity index (χ2n) is 14.0. The van der Waals surface area contributed by atoms with Gasteiger partial charge in [-0.1, -0.05) is 92.7 Å². The maximum absolute atomic E-state index is 4.92. The fourth-order valence-corrected chi connectivity index (χ4v) is 6.08. The van der Waals surface area contributed by atoms with Gasteiger partial charge in [0.05, 0.1) is 5.71 Å². The average molecular weight is 480 g/mol. The molecule has 0 saturated carbocycles. The molecular formula is C32H42BN3. The van der Waals surface area contributed by atoms with Gasteiger partial charge in [-0.05, 0) is 58.4 Å². The van der Waals surface area contributed by atoms with Crippen LogP contribution in [0.4, 0.5) is 11.4 Å². The zero-order valence-corrected chi connectivity index (χ0v) is 24.1. The molecule has 3 aliphatic heterocycles. The Bertz CT molecular complexity index is 1290. The van der Waals surface area contributed by atoms with Crippen molar-refractivity contribution in [3.63, 3.8) is 0 Å². The lowest BCUT2D eigenvalue weighted by molar-refractivity contribution is 0.550. The summed E-state index contributed by atoms with van der Waals surface area (Å²) in [5.41, 5.74) is 12.0. The van der Waals surface area contributed by atoms with Crippen LogP contribution < -0.4 is 9.62 Å². The van der Waals surface area contributed by atoms with E-state index in [1.807, 2.05) is 6.20 Å². The first-order valence-corrected chi connectivity index (χ1v) is 13.4. The summed E-state index contributed by atoms with van der Waals surface area (Å²) in [5.74, 6) is 0.218. The highest BCUT2D eigenvalue weighted by atomic mass is 15.3. The van der Waals surface area contributed by atoms with Crippen molar-refractivity contribution in [2.24, 2.45) is 4.99 Å². The molecule has 188 valence electrons. The molecule has 5 rings (SSSR count). The number of anilines is 2. The quantitative estimate of drug-likeness (QED) is 0.384. The van der Waals surface area contributed by atoms with Gasteiger partial charge < -0.3 is 9.62 Å². The fourth-order valence-electron chi connectivity index (χ4n) is 6.08. The molecule has 0 bridgehead atoms. The Kier molecular flexibility index (Phi) is 5.45. The van der Waals surface area contributed by atoms with Crippen LogP contribution in [0.25, 0.3) is 0 Å². The highest BCUT2D eigenvalue weighted by Gasteiger charge is 2.51. The molecule has 36 heavy (non-hydrogen) atoms. The smallest absolute Gasteiger partial charge is 0.369 e. The molecular weight excluding hydrogens is 437 g/mol. The Labute approximate surface area is 219 Å². The van der Waals surface area contributed by atoms with E-state index in [-0.39, 0.29) is 29.0 Å². The number of hydrogen-bond donors (Lipinski definition) is 0. The van der Waals surface area contributed by atoms with Crippen LogP contribution in [0, 0.1) is 6.92 Å². The van der Waals surface area contributed by atoms with Crippen molar-refractivity contribution in [1.29, 1.82) is 0 Å². The summed E-state index contributed by atoms with van der Waals surface area (Å²) in [5, 5.41) is 0. The van der Waals surface area contributed by atoms with Gasteiger partial charge in [-0.3, -0.25) is 4.99 Å². The molecule has 0 aliphatic carbocycles. The standard InChI is InChI=1S/C32H42BN3/c1-20-13-12-14-26-27(20)28-25(15-16-34-28)33-35(19-21(2)36(26)33)29-23(31(6,7)8)17-22(30(3,4)5)18-24(29)32(9,10)11/h12-19,25H,1-11H3. The van der Waals surface area contributed by atoms with E-state index >= 15 is 0 Å². The maximum atomic E-state index is 4.92. The summed E-state index contributed by atoms with van der Waals surface area (Å²) in [6.07, 6.45) is 6.71. The SMILES string of the molecule is CC1=CN(c2c(C(C)(C)C)cc(C(C)(C)C)cc2C(C)(C)C)B2C3C=CN=C3c3c(C)cccc3N21. The molecule has 1 atom stereocenters. The number of benzene rings is 2. The summed E-state index contributed by atoms with van der Waals surface area (Å²) < 4.78 is 0. The lowest BCUT2D eigenvalue weighted by Gasteiger charge is -2.43. The number of aliphatic imine (C=N–C) groups is 1. The van der Waals surface area contributed by atoms with E-state index < -0.39 is 0 Å². The molecule has 0 N–H and O–H groups in total. The van der Waals surface area contributed by atoms with Gasteiger partial charge in [-0.25, -0.2) is 0 Å². The van der Waals surface area contributed by atoms with Crippen molar-refractivity contribution < 1.29 is 0 Å². The van der Waals surface area contributed by atoms with Crippen LogP contribution in [-0.2, 0) is 16.2 Å². The zero-order chi connectivity index (χ0) is 26.4. The minimum atomic E-state index is -0.00262. The van der Waals surface area contributed by atoms with Crippen LogP contribution in [0.2, 0.25) is 5.82 Å². The second-order valence-corrected chi connectivity index (χ2v) is 14.0. The maximum Gasteiger partial charge on any atom is 0.397 e. The highest BCUT2D eigenvalue weighted by Crippen LogP contribution is 2.50. The van der Waals surface area contributed by atoms with Gasteiger partial charge >= 0.3 is 6.98 Å². The molecule has 2 aromatic carbocycles.